The van der Waals surface area contributed by atoms with Crippen LogP contribution in [0.15, 0.2) is 6.20 Å². The molecule has 1 amide bonds. The van der Waals surface area contributed by atoms with Gasteiger partial charge in [-0.25, -0.2) is 4.68 Å². The fraction of sp³-hybridized carbons (Fsp3) is 0.556. The Hall–Kier alpha value is -1.52. The van der Waals surface area contributed by atoms with Crippen LogP contribution in [0.1, 0.15) is 30.6 Å². The van der Waals surface area contributed by atoms with Crippen molar-refractivity contribution in [3.63, 3.8) is 0 Å². The summed E-state index contributed by atoms with van der Waals surface area (Å²) in [7, 11) is 0. The third-order valence-electron chi connectivity index (χ3n) is 2.64. The Balaban J connectivity index is 2.53. The Kier molecular flexibility index (Phi) is 1.77. The molecule has 0 aromatic carbocycles. The minimum atomic E-state index is -0.434. The summed E-state index contributed by atoms with van der Waals surface area (Å²) in [6.07, 6.45) is 2.51. The summed E-state index contributed by atoms with van der Waals surface area (Å²) in [5.41, 5.74) is 5.66. The second kappa shape index (κ2) is 2.73. The zero-order valence-corrected chi connectivity index (χ0v) is 8.37. The summed E-state index contributed by atoms with van der Waals surface area (Å²) < 4.78 is 1.83. The molecular formula is C9H14N4O. The number of primary amides is 1. The number of nitrogens with one attached hydrogen (secondary N) is 1. The van der Waals surface area contributed by atoms with Gasteiger partial charge in [0, 0.05) is 6.54 Å². The van der Waals surface area contributed by atoms with Gasteiger partial charge in [0.1, 0.15) is 11.4 Å². The van der Waals surface area contributed by atoms with Crippen molar-refractivity contribution >= 4 is 11.7 Å². The zero-order valence-electron chi connectivity index (χ0n) is 8.37. The topological polar surface area (TPSA) is 72.9 Å². The lowest BCUT2D eigenvalue weighted by molar-refractivity contribution is 0.100. The molecule has 0 atom stereocenters. The number of aromatic nitrogens is 2. The van der Waals surface area contributed by atoms with Crippen LogP contribution in [0.3, 0.4) is 0 Å². The zero-order chi connectivity index (χ0) is 10.3. The first-order valence-electron chi connectivity index (χ1n) is 4.64. The Bertz CT molecular complexity index is 380. The van der Waals surface area contributed by atoms with Gasteiger partial charge in [-0.3, -0.25) is 4.79 Å². The third-order valence-corrected chi connectivity index (χ3v) is 2.64. The summed E-state index contributed by atoms with van der Waals surface area (Å²) in [5.74, 6) is 0.310. The van der Waals surface area contributed by atoms with Crippen LogP contribution in [-0.4, -0.2) is 22.2 Å². The maximum atomic E-state index is 11.1. The van der Waals surface area contributed by atoms with Crippen molar-refractivity contribution < 1.29 is 4.79 Å². The number of fused-ring (bicyclic) bond motifs is 1. The van der Waals surface area contributed by atoms with Crippen molar-refractivity contribution in [1.82, 2.24) is 9.78 Å². The molecule has 5 nitrogen and oxygen atoms in total. The van der Waals surface area contributed by atoms with Crippen LogP contribution in [-0.2, 0) is 5.54 Å². The van der Waals surface area contributed by atoms with Gasteiger partial charge in [-0.2, -0.15) is 5.10 Å². The quantitative estimate of drug-likeness (QED) is 0.685. The highest BCUT2D eigenvalue weighted by Gasteiger charge is 2.30. The molecule has 0 saturated heterocycles. The molecule has 0 fully saturated rings. The lowest BCUT2D eigenvalue weighted by Gasteiger charge is -2.32. The maximum absolute atomic E-state index is 11.1. The van der Waals surface area contributed by atoms with E-state index in [9.17, 15) is 4.79 Å². The SMILES string of the molecule is CC1(C)CCNc2c(C(N)=O)cnn21. The van der Waals surface area contributed by atoms with E-state index in [2.05, 4.69) is 24.3 Å². The second-order valence-electron chi connectivity index (χ2n) is 4.17. The molecule has 0 spiro atoms. The largest absolute Gasteiger partial charge is 0.370 e. The van der Waals surface area contributed by atoms with Crippen molar-refractivity contribution in [2.24, 2.45) is 5.73 Å². The number of hydrogen-bond acceptors (Lipinski definition) is 3. The molecule has 0 aliphatic carbocycles. The van der Waals surface area contributed by atoms with Crippen LogP contribution in [0.25, 0.3) is 0 Å². The number of amides is 1. The van der Waals surface area contributed by atoms with E-state index < -0.39 is 5.91 Å². The first-order valence-corrected chi connectivity index (χ1v) is 4.64. The molecule has 2 heterocycles. The Morgan fingerprint density at radius 2 is 2.43 bits per heavy atom. The van der Waals surface area contributed by atoms with Crippen LogP contribution in [0.5, 0.6) is 0 Å². The van der Waals surface area contributed by atoms with Crippen molar-refractivity contribution in [2.75, 3.05) is 11.9 Å². The van der Waals surface area contributed by atoms with Gasteiger partial charge in [-0.05, 0) is 20.3 Å². The minimum Gasteiger partial charge on any atom is -0.370 e. The van der Waals surface area contributed by atoms with Gasteiger partial charge in [-0.1, -0.05) is 0 Å². The maximum Gasteiger partial charge on any atom is 0.254 e. The second-order valence-corrected chi connectivity index (χ2v) is 4.17. The number of anilines is 1. The molecule has 1 aromatic rings. The summed E-state index contributed by atoms with van der Waals surface area (Å²) in [6.45, 7) is 5.03. The summed E-state index contributed by atoms with van der Waals surface area (Å²) in [5, 5.41) is 7.33. The molecule has 3 N–H and O–H groups in total. The van der Waals surface area contributed by atoms with Crippen molar-refractivity contribution in [1.29, 1.82) is 0 Å². The molecular weight excluding hydrogens is 180 g/mol. The van der Waals surface area contributed by atoms with Crippen LogP contribution < -0.4 is 11.1 Å². The first-order chi connectivity index (χ1) is 6.52. The summed E-state index contributed by atoms with van der Waals surface area (Å²) in [6, 6.07) is 0. The minimum absolute atomic E-state index is 0.0473. The van der Waals surface area contributed by atoms with Crippen molar-refractivity contribution in [3.8, 4) is 0 Å². The number of carbonyl (C=O) groups excluding carboxylic acids is 1. The first kappa shape index (κ1) is 9.05. The lowest BCUT2D eigenvalue weighted by atomic mass is 9.99. The smallest absolute Gasteiger partial charge is 0.254 e. The Morgan fingerprint density at radius 1 is 1.71 bits per heavy atom. The van der Waals surface area contributed by atoms with Crippen molar-refractivity contribution in [2.45, 2.75) is 25.8 Å². The highest BCUT2D eigenvalue weighted by atomic mass is 16.1. The summed E-state index contributed by atoms with van der Waals surface area (Å²) >= 11 is 0. The van der Waals surface area contributed by atoms with Crippen molar-refractivity contribution in [3.05, 3.63) is 11.8 Å². The number of hydrogen-bond donors (Lipinski definition) is 2. The Morgan fingerprint density at radius 3 is 3.07 bits per heavy atom. The van der Waals surface area contributed by atoms with E-state index >= 15 is 0 Å². The Labute approximate surface area is 82.3 Å². The average molecular weight is 194 g/mol. The predicted molar refractivity (Wildman–Crippen MR) is 53.2 cm³/mol. The van der Waals surface area contributed by atoms with E-state index in [-0.39, 0.29) is 5.54 Å². The molecule has 2 rings (SSSR count). The standard InChI is InChI=1S/C9H14N4O/c1-9(2)3-4-11-8-6(7(10)14)5-12-13(8)9/h5,11H,3-4H2,1-2H3,(H2,10,14). The van der Waals surface area contributed by atoms with Gasteiger partial charge < -0.3 is 11.1 Å². The average Bonchev–Trinajstić information content (AvgIpc) is 2.48. The summed E-state index contributed by atoms with van der Waals surface area (Å²) in [4.78, 5) is 11.1. The molecule has 1 aliphatic rings. The molecule has 0 unspecified atom stereocenters. The fourth-order valence-electron chi connectivity index (χ4n) is 1.75. The van der Waals surface area contributed by atoms with Gasteiger partial charge in [0.15, 0.2) is 0 Å². The predicted octanol–water partition coefficient (Wildman–Crippen LogP) is 0.533. The van der Waals surface area contributed by atoms with Crippen LogP contribution in [0, 0.1) is 0 Å². The highest BCUT2D eigenvalue weighted by Crippen LogP contribution is 2.30. The molecule has 0 bridgehead atoms. The lowest BCUT2D eigenvalue weighted by Crippen LogP contribution is -2.36. The number of nitrogens with zero attached hydrogens (tertiary/aromatic N) is 2. The van der Waals surface area contributed by atoms with Crippen LogP contribution in [0.2, 0.25) is 0 Å². The molecule has 76 valence electrons. The fourth-order valence-corrected chi connectivity index (χ4v) is 1.75. The molecule has 14 heavy (non-hydrogen) atoms. The van der Waals surface area contributed by atoms with E-state index in [1.54, 1.807) is 0 Å². The van der Waals surface area contributed by atoms with Gasteiger partial charge in [0.05, 0.1) is 11.7 Å². The molecule has 1 aromatic heterocycles. The molecule has 0 saturated carbocycles. The number of nitrogens with two attached hydrogens (primary N) is 1. The highest BCUT2D eigenvalue weighted by molar-refractivity contribution is 5.97. The van der Waals surface area contributed by atoms with Gasteiger partial charge in [0.25, 0.3) is 5.91 Å². The van der Waals surface area contributed by atoms with Crippen LogP contribution >= 0.6 is 0 Å². The van der Waals surface area contributed by atoms with E-state index in [1.165, 1.54) is 6.20 Å². The van der Waals surface area contributed by atoms with E-state index in [4.69, 9.17) is 5.73 Å². The van der Waals surface area contributed by atoms with E-state index in [1.807, 2.05) is 4.68 Å². The van der Waals surface area contributed by atoms with Crippen LogP contribution in [0.4, 0.5) is 5.82 Å². The molecule has 1 aliphatic heterocycles. The van der Waals surface area contributed by atoms with Gasteiger partial charge >= 0.3 is 0 Å². The van der Waals surface area contributed by atoms with Gasteiger partial charge in [-0.15, -0.1) is 0 Å². The van der Waals surface area contributed by atoms with Gasteiger partial charge in [0.2, 0.25) is 0 Å². The molecule has 5 heteroatoms. The number of carbonyl (C=O) groups is 1. The number of rotatable bonds is 1. The third kappa shape index (κ3) is 1.16. The van der Waals surface area contributed by atoms with E-state index in [0.29, 0.717) is 5.56 Å². The normalized spacial score (nSPS) is 18.4. The molecule has 0 radical (unpaired) electrons. The monoisotopic (exact) mass is 194 g/mol. The van der Waals surface area contributed by atoms with E-state index in [0.717, 1.165) is 18.8 Å².